The van der Waals surface area contributed by atoms with Gasteiger partial charge >= 0.3 is 0 Å². The summed E-state index contributed by atoms with van der Waals surface area (Å²) in [7, 11) is 3.18. The fourth-order valence-corrected chi connectivity index (χ4v) is 2.39. The number of anilines is 1. The van der Waals surface area contributed by atoms with E-state index in [1.807, 2.05) is 30.3 Å². The molecule has 0 saturated carbocycles. The van der Waals surface area contributed by atoms with Gasteiger partial charge in [-0.25, -0.2) is 0 Å². The van der Waals surface area contributed by atoms with Gasteiger partial charge in [0.05, 0.1) is 18.1 Å². The minimum absolute atomic E-state index is 0.147. The van der Waals surface area contributed by atoms with Gasteiger partial charge in [-0.05, 0) is 24.3 Å². The first kappa shape index (κ1) is 20.2. The number of amides is 1. The van der Waals surface area contributed by atoms with Gasteiger partial charge in [0.25, 0.3) is 11.6 Å². The van der Waals surface area contributed by atoms with Gasteiger partial charge in [-0.2, -0.15) is 0 Å². The number of carbonyl (C=O) groups excluding carboxylic acids is 1. The standard InChI is InChI=1S/C19H23N3O5/c1-21(11-13-27-16-6-4-3-5-7-16)19(23)15-8-9-17(20-10-12-26-2)18(14-15)22(24)25/h3-9,14,20H,10-13H2,1-2H3. The molecule has 1 N–H and O–H groups in total. The first-order valence-electron chi connectivity index (χ1n) is 8.47. The lowest BCUT2D eigenvalue weighted by atomic mass is 10.1. The van der Waals surface area contributed by atoms with Gasteiger partial charge in [-0.15, -0.1) is 0 Å². The molecule has 0 fully saturated rings. The molecular formula is C19H23N3O5. The summed E-state index contributed by atoms with van der Waals surface area (Å²) in [5, 5.41) is 14.2. The average Bonchev–Trinajstić information content (AvgIpc) is 2.68. The lowest BCUT2D eigenvalue weighted by Gasteiger charge is -2.18. The number of benzene rings is 2. The van der Waals surface area contributed by atoms with E-state index in [-0.39, 0.29) is 17.2 Å². The largest absolute Gasteiger partial charge is 0.492 e. The fraction of sp³-hybridized carbons (Fsp3) is 0.316. The fourth-order valence-electron chi connectivity index (χ4n) is 2.39. The molecule has 0 aliphatic carbocycles. The zero-order chi connectivity index (χ0) is 19.6. The maximum atomic E-state index is 12.5. The number of para-hydroxylation sites is 1. The summed E-state index contributed by atoms with van der Waals surface area (Å²) in [6.45, 7) is 1.53. The second-order valence-corrected chi connectivity index (χ2v) is 5.80. The van der Waals surface area contributed by atoms with Crippen molar-refractivity contribution in [1.29, 1.82) is 0 Å². The van der Waals surface area contributed by atoms with Crippen molar-refractivity contribution in [2.45, 2.75) is 0 Å². The van der Waals surface area contributed by atoms with Crippen LogP contribution in [0.4, 0.5) is 11.4 Å². The quantitative estimate of drug-likeness (QED) is 0.391. The summed E-state index contributed by atoms with van der Waals surface area (Å²) in [5.41, 5.74) is 0.454. The normalized spacial score (nSPS) is 10.3. The summed E-state index contributed by atoms with van der Waals surface area (Å²) >= 11 is 0. The SMILES string of the molecule is COCCNc1ccc(C(=O)N(C)CCOc2ccccc2)cc1[N+](=O)[O-]. The number of nitro groups is 1. The molecule has 0 unspecified atom stereocenters. The third-order valence-electron chi connectivity index (χ3n) is 3.85. The number of methoxy groups -OCH3 is 1. The first-order valence-corrected chi connectivity index (χ1v) is 8.47. The summed E-state index contributed by atoms with van der Waals surface area (Å²) in [4.78, 5) is 24.8. The third kappa shape index (κ3) is 5.96. The maximum Gasteiger partial charge on any atom is 0.293 e. The van der Waals surface area contributed by atoms with Gasteiger partial charge in [-0.3, -0.25) is 14.9 Å². The molecular weight excluding hydrogens is 350 g/mol. The van der Waals surface area contributed by atoms with Crippen LogP contribution in [0.2, 0.25) is 0 Å². The maximum absolute atomic E-state index is 12.5. The van der Waals surface area contributed by atoms with E-state index in [0.29, 0.717) is 32.0 Å². The highest BCUT2D eigenvalue weighted by Gasteiger charge is 2.19. The molecule has 0 aromatic heterocycles. The van der Waals surface area contributed by atoms with E-state index in [0.717, 1.165) is 5.75 Å². The summed E-state index contributed by atoms with van der Waals surface area (Å²) in [5.74, 6) is 0.415. The molecule has 8 heteroatoms. The average molecular weight is 373 g/mol. The van der Waals surface area contributed by atoms with Crippen LogP contribution in [-0.4, -0.2) is 56.2 Å². The highest BCUT2D eigenvalue weighted by Crippen LogP contribution is 2.26. The Kier molecular flexibility index (Phi) is 7.57. The lowest BCUT2D eigenvalue weighted by molar-refractivity contribution is -0.384. The molecule has 2 rings (SSSR count). The van der Waals surface area contributed by atoms with Crippen molar-refractivity contribution in [3.05, 3.63) is 64.2 Å². The molecule has 0 spiro atoms. The molecule has 0 radical (unpaired) electrons. The third-order valence-corrected chi connectivity index (χ3v) is 3.85. The Labute approximate surface area is 157 Å². The Morgan fingerprint density at radius 1 is 1.19 bits per heavy atom. The Morgan fingerprint density at radius 2 is 1.93 bits per heavy atom. The summed E-state index contributed by atoms with van der Waals surface area (Å²) in [6, 6.07) is 13.7. The van der Waals surface area contributed by atoms with E-state index in [4.69, 9.17) is 9.47 Å². The number of rotatable bonds is 10. The predicted molar refractivity (Wildman–Crippen MR) is 102 cm³/mol. The number of hydrogen-bond acceptors (Lipinski definition) is 6. The van der Waals surface area contributed by atoms with Crippen LogP contribution in [-0.2, 0) is 4.74 Å². The van der Waals surface area contributed by atoms with Crippen LogP contribution >= 0.6 is 0 Å². The minimum atomic E-state index is -0.509. The van der Waals surface area contributed by atoms with Crippen molar-refractivity contribution in [3.63, 3.8) is 0 Å². The minimum Gasteiger partial charge on any atom is -0.492 e. The molecule has 0 aliphatic heterocycles. The van der Waals surface area contributed by atoms with E-state index in [1.165, 1.54) is 17.0 Å². The lowest BCUT2D eigenvalue weighted by Crippen LogP contribution is -2.31. The van der Waals surface area contributed by atoms with Crippen LogP contribution in [0.15, 0.2) is 48.5 Å². The number of ether oxygens (including phenoxy) is 2. The zero-order valence-corrected chi connectivity index (χ0v) is 15.4. The van der Waals surface area contributed by atoms with Gasteiger partial charge in [0.15, 0.2) is 0 Å². The van der Waals surface area contributed by atoms with Crippen molar-refractivity contribution in [2.24, 2.45) is 0 Å². The van der Waals surface area contributed by atoms with Crippen molar-refractivity contribution in [1.82, 2.24) is 4.90 Å². The van der Waals surface area contributed by atoms with Crippen LogP contribution in [0, 0.1) is 10.1 Å². The second kappa shape index (κ2) is 10.1. The molecule has 0 aliphatic rings. The van der Waals surface area contributed by atoms with E-state index >= 15 is 0 Å². The van der Waals surface area contributed by atoms with Crippen LogP contribution in [0.1, 0.15) is 10.4 Å². The highest BCUT2D eigenvalue weighted by atomic mass is 16.6. The number of nitro benzene ring substituents is 1. The molecule has 2 aromatic rings. The van der Waals surface area contributed by atoms with Gasteiger partial charge in [-0.1, -0.05) is 18.2 Å². The molecule has 144 valence electrons. The van der Waals surface area contributed by atoms with Gasteiger partial charge in [0, 0.05) is 32.3 Å². The van der Waals surface area contributed by atoms with Crippen LogP contribution in [0.3, 0.4) is 0 Å². The molecule has 0 saturated heterocycles. The Hall–Kier alpha value is -3.13. The molecule has 1 amide bonds. The summed E-state index contributed by atoms with van der Waals surface area (Å²) in [6.07, 6.45) is 0. The summed E-state index contributed by atoms with van der Waals surface area (Å²) < 4.78 is 10.5. The topological polar surface area (TPSA) is 93.9 Å². The van der Waals surface area contributed by atoms with Crippen molar-refractivity contribution in [2.75, 3.05) is 45.8 Å². The zero-order valence-electron chi connectivity index (χ0n) is 15.4. The van der Waals surface area contributed by atoms with Crippen molar-refractivity contribution < 1.29 is 19.2 Å². The number of nitrogens with zero attached hydrogens (tertiary/aromatic N) is 2. The van der Waals surface area contributed by atoms with Crippen molar-refractivity contribution >= 4 is 17.3 Å². The van der Waals surface area contributed by atoms with Gasteiger partial charge < -0.3 is 19.7 Å². The van der Waals surface area contributed by atoms with Crippen LogP contribution < -0.4 is 10.1 Å². The van der Waals surface area contributed by atoms with E-state index in [9.17, 15) is 14.9 Å². The number of hydrogen-bond donors (Lipinski definition) is 1. The highest BCUT2D eigenvalue weighted by molar-refractivity contribution is 5.95. The molecule has 27 heavy (non-hydrogen) atoms. The predicted octanol–water partition coefficient (Wildman–Crippen LogP) is 2.80. The Morgan fingerprint density at radius 3 is 2.59 bits per heavy atom. The molecule has 0 bridgehead atoms. The Bertz CT molecular complexity index is 767. The van der Waals surface area contributed by atoms with Crippen LogP contribution in [0.5, 0.6) is 5.75 Å². The van der Waals surface area contributed by atoms with E-state index < -0.39 is 4.92 Å². The number of likely N-dealkylation sites (N-methyl/N-ethyl adjacent to an activating group) is 1. The van der Waals surface area contributed by atoms with Gasteiger partial charge in [0.1, 0.15) is 18.0 Å². The number of nitrogens with one attached hydrogen (secondary N) is 1. The first-order chi connectivity index (χ1) is 13.0. The van der Waals surface area contributed by atoms with E-state index in [1.54, 1.807) is 20.2 Å². The Balaban J connectivity index is 1.99. The molecule has 0 heterocycles. The molecule has 8 nitrogen and oxygen atoms in total. The van der Waals surface area contributed by atoms with E-state index in [2.05, 4.69) is 5.32 Å². The van der Waals surface area contributed by atoms with Gasteiger partial charge in [0.2, 0.25) is 0 Å². The molecule has 0 atom stereocenters. The molecule has 2 aromatic carbocycles. The monoisotopic (exact) mass is 373 g/mol. The number of carbonyl (C=O) groups is 1. The van der Waals surface area contributed by atoms with Crippen molar-refractivity contribution in [3.8, 4) is 5.75 Å². The van der Waals surface area contributed by atoms with Crippen LogP contribution in [0.25, 0.3) is 0 Å². The smallest absolute Gasteiger partial charge is 0.293 e. The second-order valence-electron chi connectivity index (χ2n) is 5.80.